The van der Waals surface area contributed by atoms with E-state index in [0.29, 0.717) is 38.3 Å². The summed E-state index contributed by atoms with van der Waals surface area (Å²) in [4.78, 5) is 38.9. The van der Waals surface area contributed by atoms with Gasteiger partial charge >= 0.3 is 17.9 Å². The maximum absolute atomic E-state index is 12.3. The highest BCUT2D eigenvalue weighted by Gasteiger charge is 2.26. The molecule has 0 bridgehead atoms. The molecule has 124 valence electrons. The highest BCUT2D eigenvalue weighted by Crippen LogP contribution is 2.10. The Bertz CT molecular complexity index is 603. The molecule has 1 aliphatic rings. The summed E-state index contributed by atoms with van der Waals surface area (Å²) in [5.74, 6) is -1.25. The van der Waals surface area contributed by atoms with E-state index in [1.54, 1.807) is 12.1 Å². The summed E-state index contributed by atoms with van der Waals surface area (Å²) in [5.41, 5.74) is 1.59. The van der Waals surface area contributed by atoms with E-state index in [1.807, 2.05) is 19.1 Å². The van der Waals surface area contributed by atoms with Gasteiger partial charge in [-0.05, 0) is 31.0 Å². The van der Waals surface area contributed by atoms with E-state index in [1.165, 1.54) is 16.9 Å². The zero-order valence-corrected chi connectivity index (χ0v) is 13.4. The van der Waals surface area contributed by atoms with Gasteiger partial charge in [0.1, 0.15) is 0 Å². The lowest BCUT2D eigenvalue weighted by molar-refractivity contribution is -0.143. The predicted octanol–water partition coefficient (Wildman–Crippen LogP) is 1.23. The lowest BCUT2D eigenvalue weighted by Gasteiger charge is -2.20. The lowest BCUT2D eigenvalue weighted by Crippen LogP contribution is -2.42. The van der Waals surface area contributed by atoms with Crippen LogP contribution in [-0.4, -0.2) is 61.0 Å². The number of carbonyl (C=O) groups is 3. The number of nitrogens with zero attached hydrogens (tertiary/aromatic N) is 2. The molecule has 2 rings (SSSR count). The van der Waals surface area contributed by atoms with Crippen LogP contribution in [0.25, 0.3) is 0 Å². The molecular weight excluding hydrogens is 298 g/mol. The first-order chi connectivity index (χ1) is 11.0. The summed E-state index contributed by atoms with van der Waals surface area (Å²) >= 11 is 0. The number of methoxy groups -OCH3 is 1. The molecule has 1 aromatic rings. The fourth-order valence-electron chi connectivity index (χ4n) is 2.48. The Hall–Kier alpha value is -2.57. The fraction of sp³-hybridized carbons (Fsp3) is 0.438. The van der Waals surface area contributed by atoms with Crippen LogP contribution in [0.4, 0.5) is 10.5 Å². The average Bonchev–Trinajstić information content (AvgIpc) is 2.79. The summed E-state index contributed by atoms with van der Waals surface area (Å²) in [6.07, 6.45) is 0.196. The van der Waals surface area contributed by atoms with Crippen molar-refractivity contribution < 1.29 is 19.1 Å². The quantitative estimate of drug-likeness (QED) is 0.790. The van der Waals surface area contributed by atoms with Gasteiger partial charge in [0.2, 0.25) is 0 Å². The number of hydrogen-bond acceptors (Lipinski definition) is 4. The van der Waals surface area contributed by atoms with Crippen molar-refractivity contribution in [3.63, 3.8) is 0 Å². The fourth-order valence-corrected chi connectivity index (χ4v) is 2.48. The van der Waals surface area contributed by atoms with Crippen molar-refractivity contribution in [3.05, 3.63) is 29.8 Å². The molecule has 1 saturated heterocycles. The van der Waals surface area contributed by atoms with Crippen LogP contribution in [0.1, 0.15) is 12.0 Å². The molecule has 0 saturated carbocycles. The van der Waals surface area contributed by atoms with Crippen molar-refractivity contribution in [2.75, 3.05) is 38.6 Å². The van der Waals surface area contributed by atoms with Gasteiger partial charge < -0.3 is 19.9 Å². The van der Waals surface area contributed by atoms with Gasteiger partial charge in [-0.2, -0.15) is 0 Å². The van der Waals surface area contributed by atoms with E-state index in [2.05, 4.69) is 10.1 Å². The van der Waals surface area contributed by atoms with Crippen LogP contribution < -0.4 is 5.32 Å². The van der Waals surface area contributed by atoms with Crippen molar-refractivity contribution >= 4 is 23.6 Å². The Morgan fingerprint density at radius 1 is 1.09 bits per heavy atom. The third-order valence-corrected chi connectivity index (χ3v) is 3.69. The van der Waals surface area contributed by atoms with Gasteiger partial charge in [-0.3, -0.25) is 9.59 Å². The first kappa shape index (κ1) is 16.8. The molecule has 0 atom stereocenters. The van der Waals surface area contributed by atoms with E-state index < -0.39 is 17.9 Å². The number of anilines is 1. The molecule has 7 nitrogen and oxygen atoms in total. The SMILES string of the molecule is COC(=O)N1CCCN(C(=O)C(=O)Nc2cccc(C)c2)CC1. The molecule has 23 heavy (non-hydrogen) atoms. The summed E-state index contributed by atoms with van der Waals surface area (Å²) in [5, 5.41) is 2.61. The molecule has 0 spiro atoms. The maximum Gasteiger partial charge on any atom is 0.409 e. The molecular formula is C16H21N3O4. The summed E-state index contributed by atoms with van der Waals surface area (Å²) in [6, 6.07) is 7.26. The third kappa shape index (κ3) is 4.45. The van der Waals surface area contributed by atoms with Gasteiger partial charge in [0.05, 0.1) is 7.11 Å². The first-order valence-corrected chi connectivity index (χ1v) is 7.51. The Morgan fingerprint density at radius 2 is 1.78 bits per heavy atom. The van der Waals surface area contributed by atoms with Gasteiger partial charge in [-0.25, -0.2) is 4.79 Å². The number of amides is 3. The molecule has 1 aromatic carbocycles. The Balaban J connectivity index is 1.94. The van der Waals surface area contributed by atoms with E-state index in [-0.39, 0.29) is 0 Å². The number of benzene rings is 1. The molecule has 0 radical (unpaired) electrons. The van der Waals surface area contributed by atoms with E-state index in [4.69, 9.17) is 0 Å². The highest BCUT2D eigenvalue weighted by atomic mass is 16.5. The standard InChI is InChI=1S/C16H21N3O4/c1-12-5-3-6-13(11-12)17-14(20)15(21)18-7-4-8-19(10-9-18)16(22)23-2/h3,5-6,11H,4,7-10H2,1-2H3,(H,17,20). The highest BCUT2D eigenvalue weighted by molar-refractivity contribution is 6.39. The molecule has 0 aromatic heterocycles. The van der Waals surface area contributed by atoms with Crippen LogP contribution in [0, 0.1) is 6.92 Å². The average molecular weight is 319 g/mol. The largest absolute Gasteiger partial charge is 0.453 e. The summed E-state index contributed by atoms with van der Waals surface area (Å²) < 4.78 is 4.68. The number of rotatable bonds is 1. The second-order valence-corrected chi connectivity index (χ2v) is 5.43. The number of nitrogens with one attached hydrogen (secondary N) is 1. The van der Waals surface area contributed by atoms with Gasteiger partial charge in [-0.15, -0.1) is 0 Å². The number of carbonyl (C=O) groups excluding carboxylic acids is 3. The van der Waals surface area contributed by atoms with Crippen LogP contribution in [0.5, 0.6) is 0 Å². The van der Waals surface area contributed by atoms with Crippen molar-refractivity contribution in [2.24, 2.45) is 0 Å². The summed E-state index contributed by atoms with van der Waals surface area (Å²) in [6.45, 7) is 3.53. The van der Waals surface area contributed by atoms with Crippen LogP contribution in [-0.2, 0) is 14.3 Å². The second-order valence-electron chi connectivity index (χ2n) is 5.43. The minimum absolute atomic E-state index is 0.315. The monoisotopic (exact) mass is 319 g/mol. The summed E-state index contributed by atoms with van der Waals surface area (Å²) in [7, 11) is 1.32. The Morgan fingerprint density at radius 3 is 2.48 bits per heavy atom. The van der Waals surface area contributed by atoms with Crippen LogP contribution in [0.15, 0.2) is 24.3 Å². The molecule has 3 amide bonds. The van der Waals surface area contributed by atoms with E-state index in [0.717, 1.165) is 5.56 Å². The second kappa shape index (κ2) is 7.62. The van der Waals surface area contributed by atoms with Crippen LogP contribution in [0.2, 0.25) is 0 Å². The van der Waals surface area contributed by atoms with Gasteiger partial charge in [-0.1, -0.05) is 12.1 Å². The van der Waals surface area contributed by atoms with Gasteiger partial charge in [0.15, 0.2) is 0 Å². The van der Waals surface area contributed by atoms with Crippen molar-refractivity contribution in [3.8, 4) is 0 Å². The van der Waals surface area contributed by atoms with E-state index >= 15 is 0 Å². The zero-order valence-electron chi connectivity index (χ0n) is 13.4. The molecule has 0 unspecified atom stereocenters. The normalized spacial score (nSPS) is 14.9. The lowest BCUT2D eigenvalue weighted by atomic mass is 10.2. The van der Waals surface area contributed by atoms with E-state index in [9.17, 15) is 14.4 Å². The zero-order chi connectivity index (χ0) is 16.8. The Labute approximate surface area is 135 Å². The topological polar surface area (TPSA) is 79.0 Å². The van der Waals surface area contributed by atoms with Gasteiger partial charge in [0.25, 0.3) is 0 Å². The number of hydrogen-bond donors (Lipinski definition) is 1. The van der Waals surface area contributed by atoms with Crippen LogP contribution >= 0.6 is 0 Å². The molecule has 1 heterocycles. The minimum Gasteiger partial charge on any atom is -0.453 e. The number of aryl methyl sites for hydroxylation is 1. The molecule has 7 heteroatoms. The van der Waals surface area contributed by atoms with Crippen molar-refractivity contribution in [1.82, 2.24) is 9.80 Å². The first-order valence-electron chi connectivity index (χ1n) is 7.51. The minimum atomic E-state index is -0.665. The Kier molecular flexibility index (Phi) is 5.56. The predicted molar refractivity (Wildman–Crippen MR) is 85.0 cm³/mol. The molecule has 1 N–H and O–H groups in total. The van der Waals surface area contributed by atoms with Crippen molar-refractivity contribution in [2.45, 2.75) is 13.3 Å². The maximum atomic E-state index is 12.3. The molecule has 1 aliphatic heterocycles. The molecule has 0 aliphatic carbocycles. The van der Waals surface area contributed by atoms with Crippen LogP contribution in [0.3, 0.4) is 0 Å². The number of ether oxygens (including phenoxy) is 1. The van der Waals surface area contributed by atoms with Crippen molar-refractivity contribution in [1.29, 1.82) is 0 Å². The molecule has 1 fully saturated rings. The smallest absolute Gasteiger partial charge is 0.409 e. The van der Waals surface area contributed by atoms with Gasteiger partial charge in [0, 0.05) is 31.9 Å². The third-order valence-electron chi connectivity index (χ3n) is 3.69.